The number of aliphatic hydroxyl groups is 2. The van der Waals surface area contributed by atoms with E-state index in [1.807, 2.05) is 18.2 Å². The number of carbonyl (C=O) groups is 1. The monoisotopic (exact) mass is 320 g/mol. The summed E-state index contributed by atoms with van der Waals surface area (Å²) in [6.45, 7) is 5.64. The minimum absolute atomic E-state index is 0.361. The molecule has 23 heavy (non-hydrogen) atoms. The number of carbonyl (C=O) groups excluding carboxylic acids is 1. The number of nitrogens with one attached hydrogen (secondary N) is 1. The Balaban J connectivity index is 2.13. The highest BCUT2D eigenvalue weighted by molar-refractivity contribution is 5.81. The molecule has 1 saturated heterocycles. The van der Waals surface area contributed by atoms with E-state index < -0.39 is 18.6 Å². The Kier molecular flexibility index (Phi) is 6.16. The van der Waals surface area contributed by atoms with Gasteiger partial charge in [0.15, 0.2) is 6.10 Å². The Morgan fingerprint density at radius 3 is 2.39 bits per heavy atom. The summed E-state index contributed by atoms with van der Waals surface area (Å²) in [6, 6.07) is 10.6. The summed E-state index contributed by atoms with van der Waals surface area (Å²) in [5.41, 5.74) is 0.810. The zero-order valence-corrected chi connectivity index (χ0v) is 14.0. The van der Waals surface area contributed by atoms with Crippen molar-refractivity contribution < 1.29 is 15.0 Å². The highest BCUT2D eigenvalue weighted by Gasteiger charge is 2.37. The van der Waals surface area contributed by atoms with E-state index in [2.05, 4.69) is 36.2 Å². The summed E-state index contributed by atoms with van der Waals surface area (Å²) in [5.74, 6) is -0.485. The Hall–Kier alpha value is -1.43. The van der Waals surface area contributed by atoms with Crippen LogP contribution in [0.5, 0.6) is 0 Å². The van der Waals surface area contributed by atoms with Gasteiger partial charge in [-0.2, -0.15) is 0 Å². The number of likely N-dealkylation sites (tertiary alicyclic amines) is 1. The van der Waals surface area contributed by atoms with Crippen LogP contribution in [0.2, 0.25) is 0 Å². The maximum atomic E-state index is 12.1. The third-order valence-electron chi connectivity index (χ3n) is 4.73. The van der Waals surface area contributed by atoms with Crippen LogP contribution in [0.4, 0.5) is 0 Å². The van der Waals surface area contributed by atoms with Crippen LogP contribution >= 0.6 is 0 Å². The molecule has 1 aliphatic heterocycles. The molecule has 3 N–H and O–H groups in total. The van der Waals surface area contributed by atoms with Gasteiger partial charge in [-0.3, -0.25) is 4.79 Å². The second-order valence-corrected chi connectivity index (χ2v) is 6.76. The van der Waals surface area contributed by atoms with Crippen molar-refractivity contribution in [2.24, 2.45) is 0 Å². The van der Waals surface area contributed by atoms with Crippen molar-refractivity contribution in [3.05, 3.63) is 35.9 Å². The summed E-state index contributed by atoms with van der Waals surface area (Å²) in [7, 11) is 0. The van der Waals surface area contributed by atoms with Gasteiger partial charge in [-0.25, -0.2) is 0 Å². The normalized spacial score (nSPS) is 19.5. The number of benzene rings is 1. The van der Waals surface area contributed by atoms with E-state index in [-0.39, 0.29) is 5.54 Å². The second-order valence-electron chi connectivity index (χ2n) is 6.76. The van der Waals surface area contributed by atoms with Crippen molar-refractivity contribution in [1.82, 2.24) is 10.2 Å². The first-order valence-electron chi connectivity index (χ1n) is 8.35. The Labute approximate surface area is 138 Å². The van der Waals surface area contributed by atoms with Crippen LogP contribution in [-0.2, 0) is 11.2 Å². The van der Waals surface area contributed by atoms with E-state index in [4.69, 9.17) is 5.11 Å². The fourth-order valence-corrected chi connectivity index (χ4v) is 3.23. The average Bonchev–Trinajstić information content (AvgIpc) is 2.55. The topological polar surface area (TPSA) is 72.8 Å². The highest BCUT2D eigenvalue weighted by Crippen LogP contribution is 2.27. The summed E-state index contributed by atoms with van der Waals surface area (Å²) in [4.78, 5) is 14.5. The highest BCUT2D eigenvalue weighted by atomic mass is 16.3. The van der Waals surface area contributed by atoms with Crippen LogP contribution in [0.15, 0.2) is 30.3 Å². The zero-order chi connectivity index (χ0) is 16.9. The van der Waals surface area contributed by atoms with E-state index in [0.29, 0.717) is 6.04 Å². The van der Waals surface area contributed by atoms with Gasteiger partial charge in [-0.1, -0.05) is 30.3 Å². The smallest absolute Gasteiger partial charge is 0.251 e. The molecule has 0 aromatic heterocycles. The van der Waals surface area contributed by atoms with Crippen molar-refractivity contribution in [3.63, 3.8) is 0 Å². The van der Waals surface area contributed by atoms with Crippen LogP contribution in [0.1, 0.15) is 32.3 Å². The molecule has 1 aromatic rings. The zero-order valence-electron chi connectivity index (χ0n) is 14.0. The van der Waals surface area contributed by atoms with E-state index in [9.17, 15) is 9.90 Å². The molecule has 0 radical (unpaired) electrons. The Morgan fingerprint density at radius 1 is 1.26 bits per heavy atom. The lowest BCUT2D eigenvalue weighted by molar-refractivity contribution is -0.134. The molecular formula is C18H28N2O3. The molecule has 0 bridgehead atoms. The van der Waals surface area contributed by atoms with Gasteiger partial charge in [0.1, 0.15) is 0 Å². The molecule has 1 fully saturated rings. The molecule has 5 heteroatoms. The van der Waals surface area contributed by atoms with Gasteiger partial charge in [0, 0.05) is 24.7 Å². The Bertz CT molecular complexity index is 496. The number of piperidine rings is 1. The number of nitrogens with zero attached hydrogens (tertiary/aromatic N) is 1. The van der Waals surface area contributed by atoms with Gasteiger partial charge in [-0.15, -0.1) is 0 Å². The molecular weight excluding hydrogens is 292 g/mol. The maximum absolute atomic E-state index is 12.1. The molecule has 0 saturated carbocycles. The van der Waals surface area contributed by atoms with E-state index >= 15 is 0 Å². The molecule has 1 aliphatic rings. The third-order valence-corrected chi connectivity index (χ3v) is 4.73. The van der Waals surface area contributed by atoms with Gasteiger partial charge >= 0.3 is 0 Å². The van der Waals surface area contributed by atoms with Gasteiger partial charge in [0.25, 0.3) is 5.91 Å². The molecule has 1 unspecified atom stereocenters. The van der Waals surface area contributed by atoms with E-state index in [1.54, 1.807) is 0 Å². The lowest BCUT2D eigenvalue weighted by Crippen LogP contribution is -2.59. The van der Waals surface area contributed by atoms with Gasteiger partial charge in [0.05, 0.1) is 6.61 Å². The van der Waals surface area contributed by atoms with Gasteiger partial charge < -0.3 is 20.4 Å². The minimum Gasteiger partial charge on any atom is -0.393 e. The molecule has 1 atom stereocenters. The number of hydrogen-bond donors (Lipinski definition) is 3. The molecule has 1 heterocycles. The largest absolute Gasteiger partial charge is 0.393 e. The number of rotatable bonds is 6. The number of hydrogen-bond acceptors (Lipinski definition) is 4. The van der Waals surface area contributed by atoms with Crippen molar-refractivity contribution in [3.8, 4) is 0 Å². The fourth-order valence-electron chi connectivity index (χ4n) is 3.23. The SMILES string of the molecule is CC(C)N1CCC(Cc2ccccc2)(NC(=O)C(O)CO)CC1. The van der Waals surface area contributed by atoms with Crippen molar-refractivity contribution in [2.45, 2.75) is 50.8 Å². The Morgan fingerprint density at radius 2 is 1.87 bits per heavy atom. The van der Waals surface area contributed by atoms with Crippen LogP contribution in [0.25, 0.3) is 0 Å². The molecule has 1 amide bonds. The van der Waals surface area contributed by atoms with Crippen molar-refractivity contribution >= 4 is 5.91 Å². The van der Waals surface area contributed by atoms with Gasteiger partial charge in [-0.05, 0) is 38.7 Å². The lowest BCUT2D eigenvalue weighted by Gasteiger charge is -2.44. The number of amides is 1. The molecule has 1 aromatic carbocycles. The fraction of sp³-hybridized carbons (Fsp3) is 0.611. The second kappa shape index (κ2) is 7.90. The molecule has 0 spiro atoms. The molecule has 128 valence electrons. The first-order valence-corrected chi connectivity index (χ1v) is 8.35. The molecule has 5 nitrogen and oxygen atoms in total. The van der Waals surface area contributed by atoms with Crippen LogP contribution in [0, 0.1) is 0 Å². The van der Waals surface area contributed by atoms with Crippen LogP contribution in [-0.4, -0.2) is 58.4 Å². The van der Waals surface area contributed by atoms with E-state index in [0.717, 1.165) is 32.4 Å². The van der Waals surface area contributed by atoms with Crippen LogP contribution < -0.4 is 5.32 Å². The predicted octanol–water partition coefficient (Wildman–Crippen LogP) is 0.941. The quantitative estimate of drug-likeness (QED) is 0.729. The third kappa shape index (κ3) is 4.77. The van der Waals surface area contributed by atoms with Gasteiger partial charge in [0.2, 0.25) is 0 Å². The molecule has 2 rings (SSSR count). The maximum Gasteiger partial charge on any atom is 0.251 e. The van der Waals surface area contributed by atoms with Crippen molar-refractivity contribution in [1.29, 1.82) is 0 Å². The summed E-state index contributed by atoms with van der Waals surface area (Å²) < 4.78 is 0. The summed E-state index contributed by atoms with van der Waals surface area (Å²) in [6.07, 6.45) is 1.06. The first kappa shape index (κ1) is 17.9. The summed E-state index contributed by atoms with van der Waals surface area (Å²) in [5, 5.41) is 21.6. The average molecular weight is 320 g/mol. The standard InChI is InChI=1S/C18H28N2O3/c1-14(2)20-10-8-18(9-11-20,19-17(23)16(22)13-21)12-15-6-4-3-5-7-15/h3-7,14,16,21-22H,8-13H2,1-2H3,(H,19,23). The van der Waals surface area contributed by atoms with E-state index in [1.165, 1.54) is 5.56 Å². The van der Waals surface area contributed by atoms with Crippen LogP contribution in [0.3, 0.4) is 0 Å². The minimum atomic E-state index is -1.36. The molecule has 0 aliphatic carbocycles. The van der Waals surface area contributed by atoms with Crippen molar-refractivity contribution in [2.75, 3.05) is 19.7 Å². The summed E-state index contributed by atoms with van der Waals surface area (Å²) >= 11 is 0. The lowest BCUT2D eigenvalue weighted by atomic mass is 9.81. The number of aliphatic hydroxyl groups excluding tert-OH is 2. The predicted molar refractivity (Wildman–Crippen MR) is 90.1 cm³/mol. The first-order chi connectivity index (χ1) is 11.0.